The second kappa shape index (κ2) is 6.97. The number of amides is 1. The number of thioether (sulfide) groups is 1. The van der Waals surface area contributed by atoms with Crippen LogP contribution < -0.4 is 5.56 Å². The van der Waals surface area contributed by atoms with Gasteiger partial charge in [-0.05, 0) is 45.7 Å². The van der Waals surface area contributed by atoms with E-state index in [1.807, 2.05) is 43.9 Å². The van der Waals surface area contributed by atoms with E-state index in [-0.39, 0.29) is 22.8 Å². The number of carbonyl (C=O) groups excluding carboxylic acids is 1. The zero-order valence-electron chi connectivity index (χ0n) is 14.4. The summed E-state index contributed by atoms with van der Waals surface area (Å²) in [6.45, 7) is 7.51. The van der Waals surface area contributed by atoms with Crippen LogP contribution in [-0.2, 0) is 4.79 Å². The summed E-state index contributed by atoms with van der Waals surface area (Å²) in [4.78, 5) is 32.0. The molecule has 1 aliphatic rings. The zero-order valence-corrected chi connectivity index (χ0v) is 15.2. The lowest BCUT2D eigenvalue weighted by Crippen LogP contribution is -2.35. The monoisotopic (exact) mass is 345 g/mol. The highest BCUT2D eigenvalue weighted by Crippen LogP contribution is 2.26. The molecule has 1 amide bonds. The normalized spacial score (nSPS) is 16.1. The number of nitrogens with zero attached hydrogens (tertiary/aromatic N) is 3. The van der Waals surface area contributed by atoms with Gasteiger partial charge in [0, 0.05) is 19.1 Å². The quantitative estimate of drug-likeness (QED) is 0.631. The number of carbonyl (C=O) groups is 1. The average molecular weight is 345 g/mol. The predicted molar refractivity (Wildman–Crippen MR) is 97.5 cm³/mol. The lowest BCUT2D eigenvalue weighted by molar-refractivity contribution is -0.129. The van der Waals surface area contributed by atoms with E-state index >= 15 is 0 Å². The summed E-state index contributed by atoms with van der Waals surface area (Å²) < 4.78 is 1.70. The molecule has 1 unspecified atom stereocenters. The highest BCUT2D eigenvalue weighted by atomic mass is 32.2. The molecule has 0 spiro atoms. The number of hydrogen-bond acceptors (Lipinski definition) is 4. The molecule has 1 saturated heterocycles. The summed E-state index contributed by atoms with van der Waals surface area (Å²) in [5.74, 6) is 0.134. The Kier molecular flexibility index (Phi) is 4.94. The maximum atomic E-state index is 12.8. The van der Waals surface area contributed by atoms with E-state index in [2.05, 4.69) is 4.98 Å². The van der Waals surface area contributed by atoms with Gasteiger partial charge >= 0.3 is 0 Å². The van der Waals surface area contributed by atoms with Crippen molar-refractivity contribution in [3.8, 4) is 0 Å². The number of aromatic nitrogens is 2. The molecule has 1 aromatic heterocycles. The van der Waals surface area contributed by atoms with Gasteiger partial charge in [-0.1, -0.05) is 23.9 Å². The van der Waals surface area contributed by atoms with E-state index in [9.17, 15) is 9.59 Å². The highest BCUT2D eigenvalue weighted by Gasteiger charge is 2.26. The van der Waals surface area contributed by atoms with Crippen LogP contribution in [0.2, 0.25) is 0 Å². The van der Waals surface area contributed by atoms with Gasteiger partial charge in [0.25, 0.3) is 5.56 Å². The van der Waals surface area contributed by atoms with Crippen molar-refractivity contribution in [2.45, 2.75) is 50.1 Å². The number of hydrogen-bond donors (Lipinski definition) is 0. The van der Waals surface area contributed by atoms with Crippen LogP contribution in [-0.4, -0.2) is 38.7 Å². The van der Waals surface area contributed by atoms with Gasteiger partial charge in [0.05, 0.1) is 16.2 Å². The summed E-state index contributed by atoms with van der Waals surface area (Å²) in [6, 6.07) is 7.37. The zero-order chi connectivity index (χ0) is 17.3. The van der Waals surface area contributed by atoms with Gasteiger partial charge < -0.3 is 4.90 Å². The number of para-hydroxylation sites is 1. The van der Waals surface area contributed by atoms with E-state index in [0.29, 0.717) is 16.1 Å². The molecule has 1 aromatic carbocycles. The van der Waals surface area contributed by atoms with Crippen molar-refractivity contribution < 1.29 is 4.79 Å². The van der Waals surface area contributed by atoms with Gasteiger partial charge in [-0.15, -0.1) is 0 Å². The van der Waals surface area contributed by atoms with E-state index in [4.69, 9.17) is 0 Å². The van der Waals surface area contributed by atoms with Crippen LogP contribution in [0.15, 0.2) is 34.2 Å². The molecule has 1 aliphatic heterocycles. The molecule has 0 bridgehead atoms. The topological polar surface area (TPSA) is 55.2 Å². The van der Waals surface area contributed by atoms with Gasteiger partial charge in [0.2, 0.25) is 5.91 Å². The van der Waals surface area contributed by atoms with Crippen LogP contribution in [0.4, 0.5) is 0 Å². The summed E-state index contributed by atoms with van der Waals surface area (Å²) in [5, 5.41) is 0.990. The van der Waals surface area contributed by atoms with E-state index in [0.717, 1.165) is 25.9 Å². The molecule has 3 rings (SSSR count). The van der Waals surface area contributed by atoms with Crippen molar-refractivity contribution in [3.63, 3.8) is 0 Å². The number of benzene rings is 1. The largest absolute Gasteiger partial charge is 0.342 e. The van der Waals surface area contributed by atoms with Crippen LogP contribution in [0, 0.1) is 0 Å². The van der Waals surface area contributed by atoms with Crippen LogP contribution in [0.25, 0.3) is 10.9 Å². The molecule has 5 nitrogen and oxygen atoms in total. The Hall–Kier alpha value is -1.82. The molecular formula is C18H23N3O2S. The maximum absolute atomic E-state index is 12.8. The predicted octanol–water partition coefficient (Wildman–Crippen LogP) is 3.08. The molecule has 0 N–H and O–H groups in total. The second-order valence-corrected chi connectivity index (χ2v) is 7.78. The summed E-state index contributed by atoms with van der Waals surface area (Å²) in [5.41, 5.74) is 0.640. The molecule has 0 aliphatic carbocycles. The van der Waals surface area contributed by atoms with Crippen LogP contribution in [0.3, 0.4) is 0 Å². The van der Waals surface area contributed by atoms with Gasteiger partial charge in [0.15, 0.2) is 5.16 Å². The van der Waals surface area contributed by atoms with Crippen molar-refractivity contribution in [1.82, 2.24) is 14.5 Å². The first kappa shape index (κ1) is 17.0. The van der Waals surface area contributed by atoms with Crippen LogP contribution in [0.1, 0.15) is 39.7 Å². The average Bonchev–Trinajstić information content (AvgIpc) is 3.08. The number of rotatable bonds is 4. The van der Waals surface area contributed by atoms with Gasteiger partial charge in [-0.3, -0.25) is 14.2 Å². The van der Waals surface area contributed by atoms with E-state index in [1.165, 1.54) is 11.8 Å². The van der Waals surface area contributed by atoms with Crippen LogP contribution >= 0.6 is 11.8 Å². The van der Waals surface area contributed by atoms with Crippen molar-refractivity contribution in [1.29, 1.82) is 0 Å². The minimum atomic E-state index is -0.249. The SMILES string of the molecule is CC(Sc1nc2ccccc2c(=O)n1C(C)C)C(=O)N1CCCC1. The molecule has 0 radical (unpaired) electrons. The highest BCUT2D eigenvalue weighted by molar-refractivity contribution is 8.00. The summed E-state index contributed by atoms with van der Waals surface area (Å²) in [7, 11) is 0. The third-order valence-corrected chi connectivity index (χ3v) is 5.39. The van der Waals surface area contributed by atoms with E-state index in [1.54, 1.807) is 10.6 Å². The molecule has 6 heteroatoms. The molecule has 1 atom stereocenters. The summed E-state index contributed by atoms with van der Waals surface area (Å²) in [6.07, 6.45) is 2.15. The first-order valence-corrected chi connectivity index (χ1v) is 9.33. The smallest absolute Gasteiger partial charge is 0.262 e. The fourth-order valence-electron chi connectivity index (χ4n) is 3.07. The minimum Gasteiger partial charge on any atom is -0.342 e. The van der Waals surface area contributed by atoms with Crippen molar-refractivity contribution in [2.24, 2.45) is 0 Å². The van der Waals surface area contributed by atoms with Gasteiger partial charge in [0.1, 0.15) is 0 Å². The molecule has 24 heavy (non-hydrogen) atoms. The van der Waals surface area contributed by atoms with Crippen molar-refractivity contribution in [3.05, 3.63) is 34.6 Å². The molecule has 2 aromatic rings. The first-order valence-electron chi connectivity index (χ1n) is 8.45. The van der Waals surface area contributed by atoms with Crippen molar-refractivity contribution >= 4 is 28.6 Å². The third kappa shape index (κ3) is 3.20. The Balaban J connectivity index is 1.97. The Morgan fingerprint density at radius 3 is 2.50 bits per heavy atom. The Bertz CT molecular complexity index is 810. The first-order chi connectivity index (χ1) is 11.5. The lowest BCUT2D eigenvalue weighted by atomic mass is 10.2. The lowest BCUT2D eigenvalue weighted by Gasteiger charge is -2.22. The number of fused-ring (bicyclic) bond motifs is 1. The fourth-order valence-corrected chi connectivity index (χ4v) is 4.19. The second-order valence-electron chi connectivity index (χ2n) is 6.47. The molecular weight excluding hydrogens is 322 g/mol. The third-order valence-electron chi connectivity index (χ3n) is 4.34. The summed E-state index contributed by atoms with van der Waals surface area (Å²) >= 11 is 1.38. The van der Waals surface area contributed by atoms with E-state index < -0.39 is 0 Å². The molecule has 1 fully saturated rings. The molecule has 0 saturated carbocycles. The molecule has 2 heterocycles. The Morgan fingerprint density at radius 2 is 1.83 bits per heavy atom. The Morgan fingerprint density at radius 1 is 1.17 bits per heavy atom. The standard InChI is InChI=1S/C18H23N3O2S/c1-12(2)21-17(23)14-8-4-5-9-15(14)19-18(21)24-13(3)16(22)20-10-6-7-11-20/h4-5,8-9,12-13H,6-7,10-11H2,1-3H3. The van der Waals surface area contributed by atoms with Gasteiger partial charge in [-0.2, -0.15) is 0 Å². The van der Waals surface area contributed by atoms with Gasteiger partial charge in [-0.25, -0.2) is 4.98 Å². The Labute approximate surface area is 146 Å². The van der Waals surface area contributed by atoms with Crippen LogP contribution in [0.5, 0.6) is 0 Å². The molecule has 128 valence electrons. The maximum Gasteiger partial charge on any atom is 0.262 e. The van der Waals surface area contributed by atoms with Crippen molar-refractivity contribution in [2.75, 3.05) is 13.1 Å². The minimum absolute atomic E-state index is 0.00815. The fraction of sp³-hybridized carbons (Fsp3) is 0.500. The number of likely N-dealkylation sites (tertiary alicyclic amines) is 1.